The lowest BCUT2D eigenvalue weighted by Crippen LogP contribution is -2.56. The van der Waals surface area contributed by atoms with E-state index in [1.807, 2.05) is 0 Å². The lowest BCUT2D eigenvalue weighted by Gasteiger charge is -2.40. The summed E-state index contributed by atoms with van der Waals surface area (Å²) in [5.74, 6) is -4.23. The van der Waals surface area contributed by atoms with Crippen LogP contribution < -0.4 is 38.1 Å². The Balaban J connectivity index is 0.749. The Morgan fingerprint density at radius 1 is 1.00 bits per heavy atom. The largest absolute Gasteiger partial charge is 0.492 e. The first kappa shape index (κ1) is 51.0. The molecule has 5 heterocycles. The quantitative estimate of drug-likeness (QED) is 0.0454. The number of anilines is 2. The molecular weight excluding hydrogens is 979 g/mol. The maximum Gasteiger partial charge on any atom is 0.410 e. The highest BCUT2D eigenvalue weighted by atomic mass is 33.1. The number of aliphatic carboxylic acids is 1. The number of carboxylic acid groups (broad SMARTS) is 1. The zero-order chi connectivity index (χ0) is 51.6. The minimum atomic E-state index is -1.44. The second-order valence-electron chi connectivity index (χ2n) is 17.3. The summed E-state index contributed by atoms with van der Waals surface area (Å²) < 4.78 is 22.2. The number of aromatic nitrogens is 2. The Morgan fingerprint density at radius 3 is 2.42 bits per heavy atom. The van der Waals surface area contributed by atoms with Crippen LogP contribution in [0, 0.1) is 5.92 Å². The van der Waals surface area contributed by atoms with Gasteiger partial charge in [-0.15, -0.1) is 0 Å². The van der Waals surface area contributed by atoms with Crippen molar-refractivity contribution < 1.29 is 62.4 Å². The molecule has 10 N–H and O–H groups in total. The molecule has 2 fully saturated rings. The van der Waals surface area contributed by atoms with Crippen molar-refractivity contribution in [2.75, 3.05) is 43.8 Å². The second-order valence-corrected chi connectivity index (χ2v) is 19.7. The number of hydrogen-bond acceptors (Lipinski definition) is 20. The van der Waals surface area contributed by atoms with Crippen molar-refractivity contribution in [3.8, 4) is 0 Å². The molecule has 0 radical (unpaired) electrons. The van der Waals surface area contributed by atoms with Gasteiger partial charge in [0.05, 0.1) is 43.2 Å². The molecule has 2 saturated heterocycles. The summed E-state index contributed by atoms with van der Waals surface area (Å²) >= 11 is 0. The first-order valence-corrected chi connectivity index (χ1v) is 24.8. The molecule has 0 spiro atoms. The van der Waals surface area contributed by atoms with Gasteiger partial charge in [-0.2, -0.15) is 0 Å². The number of ether oxygens (including phenoxy) is 4. The molecule has 0 saturated carbocycles. The van der Waals surface area contributed by atoms with Gasteiger partial charge >= 0.3 is 18.2 Å². The molecule has 5 aliphatic rings. The Kier molecular flexibility index (Phi) is 14.9. The summed E-state index contributed by atoms with van der Waals surface area (Å²) in [5.41, 5.74) is 12.2. The number of hydrogen-bond donors (Lipinski definition) is 8. The summed E-state index contributed by atoms with van der Waals surface area (Å²) in [4.78, 5) is 115. The van der Waals surface area contributed by atoms with Crippen molar-refractivity contribution in [3.05, 3.63) is 99.8 Å². The molecule has 7 atom stereocenters. The van der Waals surface area contributed by atoms with Crippen LogP contribution in [0.3, 0.4) is 0 Å². The molecule has 380 valence electrons. The predicted molar refractivity (Wildman–Crippen MR) is 257 cm³/mol. The molecule has 5 amide bonds. The maximum atomic E-state index is 13.7. The van der Waals surface area contributed by atoms with Gasteiger partial charge < -0.3 is 61.3 Å². The van der Waals surface area contributed by atoms with E-state index in [2.05, 4.69) is 36.6 Å². The van der Waals surface area contributed by atoms with E-state index in [1.54, 1.807) is 60.4 Å². The second kappa shape index (κ2) is 21.1. The Hall–Kier alpha value is -7.42. The minimum absolute atomic E-state index is 0.0284. The number of amides is 5. The number of rotatable bonds is 20. The smallest absolute Gasteiger partial charge is 0.410 e. The lowest BCUT2D eigenvalue weighted by molar-refractivity contribution is -0.144. The molecule has 1 aliphatic carbocycles. The van der Waals surface area contributed by atoms with Crippen LogP contribution in [-0.4, -0.2) is 142 Å². The number of carboxylic acids is 1. The zero-order valence-electron chi connectivity index (χ0n) is 39.2. The molecule has 4 aliphatic heterocycles. The van der Waals surface area contributed by atoms with Crippen molar-refractivity contribution in [2.24, 2.45) is 17.4 Å². The molecule has 1 aromatic heterocycles. The zero-order valence-corrected chi connectivity index (χ0v) is 40.8. The number of nitrogens with two attached hydrogens (primary N) is 2. The average molecular weight is 1030 g/mol. The summed E-state index contributed by atoms with van der Waals surface area (Å²) in [6.45, 7) is 3.15. The number of methoxy groups -OCH3 is 2. The molecule has 72 heavy (non-hydrogen) atoms. The van der Waals surface area contributed by atoms with Gasteiger partial charge in [0.25, 0.3) is 11.8 Å². The number of primary amides is 1. The number of fused-ring (bicyclic) bond motifs is 5. The molecular formula is C46H51N11O13S2. The first-order valence-electron chi connectivity index (χ1n) is 22.5. The standard InChI is InChI=1S/C46H51N11O13S2/c1-21(51-40(61)24-8-10-25(11-9-24)49-15-26-16-50-39-33(52-26)41(62)55-43(47)54-39)5-14-31(58)53-29(42(63)64)20-71-72-27-12-6-23(7-13-27)18-70-45(66)57-30-17-56-34-32(36(60)37(67-3)22(2)35(34)59)28(19-69-44(48)65)46(56,68-4)38(30)57/h6-13,16,21,28-30,38,43,49H,5,14-15,17-20,47H2,1-4H3,(H2,48,65)(H,50,54)(H,51,61)(H,53,58)(H,55,62)(H,63,64)/t21-,28-,29+,30+,38+,43?,46-,57?/m1/s1. The van der Waals surface area contributed by atoms with Crippen molar-refractivity contribution in [1.29, 1.82) is 0 Å². The lowest BCUT2D eigenvalue weighted by atomic mass is 9.83. The van der Waals surface area contributed by atoms with E-state index in [4.69, 9.17) is 30.4 Å². The molecule has 1 unspecified atom stereocenters. The third kappa shape index (κ3) is 10.2. The average Bonchev–Trinajstić information content (AvgIpc) is 3.87. The number of ketones is 2. The van der Waals surface area contributed by atoms with Gasteiger partial charge in [-0.3, -0.25) is 34.6 Å². The van der Waals surface area contributed by atoms with E-state index in [0.29, 0.717) is 28.3 Å². The number of benzene rings is 2. The number of carbonyl (C=O) groups excluding carboxylic acids is 7. The third-order valence-electron chi connectivity index (χ3n) is 12.7. The van der Waals surface area contributed by atoms with Crippen LogP contribution in [0.25, 0.3) is 0 Å². The molecule has 26 heteroatoms. The van der Waals surface area contributed by atoms with Gasteiger partial charge in [-0.05, 0) is 62.2 Å². The van der Waals surface area contributed by atoms with Gasteiger partial charge in [0.15, 0.2) is 29.3 Å². The van der Waals surface area contributed by atoms with Crippen molar-refractivity contribution in [2.45, 2.75) is 80.9 Å². The third-order valence-corrected chi connectivity index (χ3v) is 15.1. The van der Waals surface area contributed by atoms with E-state index >= 15 is 0 Å². The number of piperazine rings is 1. The normalized spacial score (nSPS) is 22.3. The summed E-state index contributed by atoms with van der Waals surface area (Å²) in [7, 11) is 5.20. The van der Waals surface area contributed by atoms with E-state index < -0.39 is 90.2 Å². The van der Waals surface area contributed by atoms with Crippen LogP contribution in [0.15, 0.2) is 82.2 Å². The number of nitrogens with zero attached hydrogens (tertiary/aromatic N) is 4. The first-order chi connectivity index (χ1) is 34.4. The van der Waals surface area contributed by atoms with Crippen molar-refractivity contribution >= 4 is 80.5 Å². The highest BCUT2D eigenvalue weighted by molar-refractivity contribution is 8.76. The highest BCUT2D eigenvalue weighted by Crippen LogP contribution is 2.60. The van der Waals surface area contributed by atoms with E-state index in [1.165, 1.54) is 53.8 Å². The van der Waals surface area contributed by atoms with Gasteiger partial charge in [-0.1, -0.05) is 33.7 Å². The highest BCUT2D eigenvalue weighted by Gasteiger charge is 2.78. The molecule has 2 aromatic carbocycles. The van der Waals surface area contributed by atoms with Crippen LogP contribution in [0.2, 0.25) is 0 Å². The molecule has 24 nitrogen and oxygen atoms in total. The van der Waals surface area contributed by atoms with E-state index in [-0.39, 0.29) is 72.5 Å². The fourth-order valence-corrected chi connectivity index (χ4v) is 11.4. The maximum absolute atomic E-state index is 13.7. The Labute approximate surface area is 419 Å². The summed E-state index contributed by atoms with van der Waals surface area (Å²) in [6, 6.07) is 11.1. The SMILES string of the molecule is COC1=C(C)C(=O)C2=C(C1=O)[C@@H](COC(N)=O)[C@@]1(OC)[C@@H]3[C@H](CN21)N3C(=O)OCc1ccc(SSC[C@H](NC(=O)CC[C@@H](C)NC(=O)c2ccc(NCc3cnc4c(n3)C(=O)NC(N)N4)cc2)C(=O)O)cc1. The van der Waals surface area contributed by atoms with Crippen LogP contribution in [-0.2, 0) is 51.3 Å². The van der Waals surface area contributed by atoms with Crippen LogP contribution >= 0.6 is 21.6 Å². The monoisotopic (exact) mass is 1030 g/mol. The van der Waals surface area contributed by atoms with E-state index in [0.717, 1.165) is 4.90 Å². The van der Waals surface area contributed by atoms with Crippen molar-refractivity contribution in [3.63, 3.8) is 0 Å². The minimum Gasteiger partial charge on any atom is -0.492 e. The van der Waals surface area contributed by atoms with Crippen LogP contribution in [0.1, 0.15) is 58.8 Å². The van der Waals surface area contributed by atoms with Gasteiger partial charge in [0.1, 0.15) is 25.3 Å². The Morgan fingerprint density at radius 2 is 1.74 bits per heavy atom. The molecule has 8 rings (SSSR count). The van der Waals surface area contributed by atoms with Gasteiger partial charge in [-0.25, -0.2) is 24.4 Å². The fraction of sp³-hybridized carbons (Fsp3) is 0.391. The fourth-order valence-electron chi connectivity index (χ4n) is 9.23. The van der Waals surface area contributed by atoms with Crippen molar-refractivity contribution in [1.82, 2.24) is 35.7 Å². The van der Waals surface area contributed by atoms with Gasteiger partial charge in [0, 0.05) is 59.2 Å². The molecule has 3 aromatic rings. The predicted octanol–water partition coefficient (Wildman–Crippen LogP) is 1.79. The number of carbonyl (C=O) groups is 8. The number of Topliss-reactive ketones (excluding diaryl/α,β-unsaturated/α-hetero) is 2. The van der Waals surface area contributed by atoms with Gasteiger partial charge in [0.2, 0.25) is 17.5 Å². The number of nitrogens with one attached hydrogen (secondary N) is 5. The molecule has 0 bridgehead atoms. The van der Waals surface area contributed by atoms with Crippen LogP contribution in [0.4, 0.5) is 21.1 Å². The summed E-state index contributed by atoms with van der Waals surface area (Å²) in [5, 5.41) is 23.8. The topological polar surface area (TPSA) is 338 Å². The number of allylic oxidation sites excluding steroid dienone is 2. The van der Waals surface area contributed by atoms with E-state index in [9.17, 15) is 43.5 Å². The van der Waals surface area contributed by atoms with Crippen LogP contribution in [0.5, 0.6) is 0 Å². The Bertz CT molecular complexity index is 2780. The summed E-state index contributed by atoms with van der Waals surface area (Å²) in [6.07, 6.45) is -0.747.